The van der Waals surface area contributed by atoms with E-state index in [4.69, 9.17) is 9.47 Å². The second-order valence-corrected chi connectivity index (χ2v) is 11.0. The molecular weight excluding hydrogens is 339 g/mol. The molecule has 1 saturated heterocycles. The van der Waals surface area contributed by atoms with E-state index < -0.39 is 0 Å². The molecular formula is C25H35LiO2. The topological polar surface area (TPSA) is 18.5 Å². The van der Waals surface area contributed by atoms with Crippen molar-refractivity contribution in [3.63, 3.8) is 0 Å². The van der Waals surface area contributed by atoms with Crippen LogP contribution in [0.25, 0.3) is 0 Å². The molecule has 0 spiro atoms. The summed E-state index contributed by atoms with van der Waals surface area (Å²) in [5.41, 5.74) is 3.33. The molecule has 1 aromatic carbocycles. The van der Waals surface area contributed by atoms with E-state index in [-0.39, 0.29) is 30.6 Å². The van der Waals surface area contributed by atoms with Crippen molar-refractivity contribution < 1.29 is 28.3 Å². The quantitative estimate of drug-likeness (QED) is 0.598. The molecule has 0 N–H and O–H groups in total. The zero-order chi connectivity index (χ0) is 18.6. The first-order valence-electron chi connectivity index (χ1n) is 11.3. The van der Waals surface area contributed by atoms with Gasteiger partial charge in [-0.2, -0.15) is 17.7 Å². The van der Waals surface area contributed by atoms with Crippen LogP contribution in [0.15, 0.2) is 12.1 Å². The Labute approximate surface area is 183 Å². The van der Waals surface area contributed by atoms with Gasteiger partial charge in [-0.05, 0) is 55.3 Å². The Morgan fingerprint density at radius 2 is 1.68 bits per heavy atom. The summed E-state index contributed by atoms with van der Waals surface area (Å²) in [5.74, 6) is 3.81. The van der Waals surface area contributed by atoms with E-state index in [0.717, 1.165) is 43.0 Å². The summed E-state index contributed by atoms with van der Waals surface area (Å²) in [6.45, 7) is 7.76. The number of rotatable bonds is 3. The predicted molar refractivity (Wildman–Crippen MR) is 108 cm³/mol. The van der Waals surface area contributed by atoms with Crippen molar-refractivity contribution in [1.82, 2.24) is 0 Å². The summed E-state index contributed by atoms with van der Waals surface area (Å²) in [6, 6.07) is 8.24. The Morgan fingerprint density at radius 1 is 1.04 bits per heavy atom. The first-order valence-corrected chi connectivity index (χ1v) is 11.3. The molecule has 5 fully saturated rings. The third-order valence-corrected chi connectivity index (χ3v) is 7.77. The van der Waals surface area contributed by atoms with Crippen molar-refractivity contribution in [1.29, 1.82) is 0 Å². The van der Waals surface area contributed by atoms with Crippen LogP contribution in [-0.4, -0.2) is 12.9 Å². The van der Waals surface area contributed by atoms with E-state index in [1.165, 1.54) is 56.1 Å². The second-order valence-electron chi connectivity index (χ2n) is 11.0. The molecule has 1 aliphatic heterocycles. The molecule has 148 valence electrons. The van der Waals surface area contributed by atoms with Crippen molar-refractivity contribution in [2.75, 3.05) is 6.61 Å². The number of hydrogen-bond donors (Lipinski definition) is 0. The molecule has 2 nitrogen and oxygen atoms in total. The van der Waals surface area contributed by atoms with Crippen LogP contribution in [0, 0.1) is 23.8 Å². The van der Waals surface area contributed by atoms with E-state index in [9.17, 15) is 0 Å². The second kappa shape index (κ2) is 7.68. The van der Waals surface area contributed by atoms with E-state index in [2.05, 4.69) is 39.0 Å². The molecule has 1 unspecified atom stereocenters. The first kappa shape index (κ1) is 20.8. The van der Waals surface area contributed by atoms with Gasteiger partial charge in [0.1, 0.15) is 0 Å². The maximum absolute atomic E-state index is 6.47. The van der Waals surface area contributed by atoms with Gasteiger partial charge in [-0.25, -0.2) is 0 Å². The minimum atomic E-state index is -0.0804. The SMILES string of the molecule is CC(C)(C)c1c[c-]c(OC2CCCCO2)c(C23CC4CC(CC(C4)C2)C3)c1.[Li+]. The predicted octanol–water partition coefficient (Wildman–Crippen LogP) is 3.16. The van der Waals surface area contributed by atoms with Crippen LogP contribution in [0.2, 0.25) is 0 Å². The molecule has 3 heteroatoms. The molecule has 4 bridgehead atoms. The molecule has 5 aliphatic rings. The maximum atomic E-state index is 6.47. The standard InChI is InChI=1S/C25H35O2.Li/c1-24(2,3)20-7-8-22(27-23-6-4-5-9-26-23)21(13-20)25-14-17-10-18(15-25)12-19(11-17)16-25;/h7,13,17-19,23H,4-6,9-12,14-16H2,1-3H3;/q-1;+1. The smallest absolute Gasteiger partial charge is 0.491 e. The van der Waals surface area contributed by atoms with Crippen LogP contribution < -0.4 is 23.6 Å². The van der Waals surface area contributed by atoms with Crippen LogP contribution in [-0.2, 0) is 15.6 Å². The zero-order valence-corrected chi connectivity index (χ0v) is 18.4. The van der Waals surface area contributed by atoms with Crippen LogP contribution in [0.4, 0.5) is 0 Å². The molecule has 4 saturated carbocycles. The maximum Gasteiger partial charge on any atom is 1.00 e. The monoisotopic (exact) mass is 374 g/mol. The molecule has 0 radical (unpaired) electrons. The van der Waals surface area contributed by atoms with Crippen LogP contribution in [0.1, 0.15) is 89.7 Å². The van der Waals surface area contributed by atoms with Crippen LogP contribution in [0.5, 0.6) is 5.75 Å². The van der Waals surface area contributed by atoms with Gasteiger partial charge in [-0.3, -0.25) is 0 Å². The normalized spacial score (nSPS) is 36.8. The van der Waals surface area contributed by atoms with Crippen molar-refractivity contribution in [3.8, 4) is 5.75 Å². The molecule has 1 aromatic rings. The first-order chi connectivity index (χ1) is 12.9. The van der Waals surface area contributed by atoms with Gasteiger partial charge in [0.15, 0.2) is 6.29 Å². The van der Waals surface area contributed by atoms with Crippen LogP contribution in [0.3, 0.4) is 0 Å². The van der Waals surface area contributed by atoms with Gasteiger partial charge in [-0.15, -0.1) is 11.6 Å². The Balaban J connectivity index is 0.00000192. The average molecular weight is 374 g/mol. The largest absolute Gasteiger partial charge is 1.00 e. The Bertz CT molecular complexity index is 664. The fourth-order valence-electron chi connectivity index (χ4n) is 6.78. The minimum Gasteiger partial charge on any atom is -0.491 e. The molecule has 6 rings (SSSR count). The molecule has 0 amide bonds. The molecule has 4 aliphatic carbocycles. The average Bonchev–Trinajstić information content (AvgIpc) is 2.61. The van der Waals surface area contributed by atoms with Gasteiger partial charge >= 0.3 is 18.9 Å². The zero-order valence-electron chi connectivity index (χ0n) is 18.4. The summed E-state index contributed by atoms with van der Waals surface area (Å²) < 4.78 is 12.4. The summed E-state index contributed by atoms with van der Waals surface area (Å²) in [5, 5.41) is 0. The fourth-order valence-corrected chi connectivity index (χ4v) is 6.78. The van der Waals surface area contributed by atoms with Crippen molar-refractivity contribution >= 4 is 0 Å². The van der Waals surface area contributed by atoms with E-state index in [0.29, 0.717) is 5.41 Å². The fraction of sp³-hybridized carbons (Fsp3) is 0.760. The third kappa shape index (κ3) is 3.82. The third-order valence-electron chi connectivity index (χ3n) is 7.77. The molecule has 0 aromatic heterocycles. The Hall–Kier alpha value is -0.423. The van der Waals surface area contributed by atoms with Gasteiger partial charge in [0.25, 0.3) is 0 Å². The number of ether oxygens (including phenoxy) is 2. The van der Waals surface area contributed by atoms with Gasteiger partial charge in [0.05, 0.1) is 6.61 Å². The molecule has 28 heavy (non-hydrogen) atoms. The number of hydrogen-bond acceptors (Lipinski definition) is 2. The van der Waals surface area contributed by atoms with Crippen molar-refractivity contribution in [3.05, 3.63) is 29.3 Å². The van der Waals surface area contributed by atoms with Crippen LogP contribution >= 0.6 is 0 Å². The summed E-state index contributed by atoms with van der Waals surface area (Å²) in [7, 11) is 0. The number of benzene rings is 1. The Morgan fingerprint density at radius 3 is 2.21 bits per heavy atom. The van der Waals surface area contributed by atoms with Crippen molar-refractivity contribution in [2.24, 2.45) is 17.8 Å². The summed E-state index contributed by atoms with van der Waals surface area (Å²) >= 11 is 0. The van der Waals surface area contributed by atoms with Gasteiger partial charge in [0, 0.05) is 12.2 Å². The molecule has 1 heterocycles. The summed E-state index contributed by atoms with van der Waals surface area (Å²) in [4.78, 5) is 0. The van der Waals surface area contributed by atoms with Gasteiger partial charge in [0.2, 0.25) is 0 Å². The van der Waals surface area contributed by atoms with Crippen molar-refractivity contribution in [2.45, 2.75) is 95.7 Å². The minimum absolute atomic E-state index is 0. The van der Waals surface area contributed by atoms with Gasteiger partial charge < -0.3 is 9.47 Å². The molecule has 1 atom stereocenters. The summed E-state index contributed by atoms with van der Waals surface area (Å²) in [6.07, 6.45) is 11.8. The van der Waals surface area contributed by atoms with E-state index in [1.807, 2.05) is 0 Å². The Kier molecular flexibility index (Phi) is 5.72. The van der Waals surface area contributed by atoms with E-state index >= 15 is 0 Å². The van der Waals surface area contributed by atoms with E-state index in [1.54, 1.807) is 0 Å². The van der Waals surface area contributed by atoms with Gasteiger partial charge in [-0.1, -0.05) is 45.4 Å².